The summed E-state index contributed by atoms with van der Waals surface area (Å²) in [6, 6.07) is 24.5. The zero-order valence-electron chi connectivity index (χ0n) is 18.7. The Morgan fingerprint density at radius 2 is 1.79 bits per heavy atom. The van der Waals surface area contributed by atoms with E-state index in [1.807, 2.05) is 90.4 Å². The Bertz CT molecular complexity index is 1250. The molecule has 9 heteroatoms. The van der Waals surface area contributed by atoms with Gasteiger partial charge in [0.25, 0.3) is 0 Å². The van der Waals surface area contributed by atoms with Crippen LogP contribution in [0.2, 0.25) is 5.02 Å². The van der Waals surface area contributed by atoms with Gasteiger partial charge in [-0.2, -0.15) is 0 Å². The van der Waals surface area contributed by atoms with Gasteiger partial charge in [-0.3, -0.25) is 9.36 Å². The van der Waals surface area contributed by atoms with Gasteiger partial charge in [0.05, 0.1) is 24.6 Å². The van der Waals surface area contributed by atoms with Crippen molar-refractivity contribution < 1.29 is 9.53 Å². The number of amides is 1. The first-order valence-corrected chi connectivity index (χ1v) is 11.9. The molecule has 0 aliphatic heterocycles. The van der Waals surface area contributed by atoms with Crippen molar-refractivity contribution >= 4 is 40.6 Å². The summed E-state index contributed by atoms with van der Waals surface area (Å²) < 4.78 is 7.13. The average Bonchev–Trinajstić information content (AvgIpc) is 3.26. The van der Waals surface area contributed by atoms with Crippen molar-refractivity contribution in [1.29, 1.82) is 0 Å². The molecule has 3 aromatic carbocycles. The Hall–Kier alpha value is -3.49. The van der Waals surface area contributed by atoms with E-state index in [9.17, 15) is 4.79 Å². The standard InChI is InChI=1S/C25H24ClN5O2S/c1-17(24(32)28-20-8-4-3-5-9-20)34-25-30-29-23(31(25)21-10-6-7-18(26)15-21)16-27-19-11-13-22(33-2)14-12-19/h3-15,17,27H,16H2,1-2H3,(H,28,32)/t17-/m0/s1. The molecule has 1 aromatic heterocycles. The molecule has 0 saturated carbocycles. The van der Waals surface area contributed by atoms with E-state index in [1.165, 1.54) is 11.8 Å². The maximum absolute atomic E-state index is 12.8. The molecule has 0 fully saturated rings. The first-order chi connectivity index (χ1) is 16.5. The highest BCUT2D eigenvalue weighted by atomic mass is 35.5. The first-order valence-electron chi connectivity index (χ1n) is 10.6. The maximum Gasteiger partial charge on any atom is 0.237 e. The molecule has 2 N–H and O–H groups in total. The number of benzene rings is 3. The van der Waals surface area contributed by atoms with Crippen molar-refractivity contribution in [2.24, 2.45) is 0 Å². The number of para-hydroxylation sites is 1. The van der Waals surface area contributed by atoms with Crippen LogP contribution in [0.4, 0.5) is 11.4 Å². The second-order valence-corrected chi connectivity index (χ2v) is 9.16. The molecular formula is C25H24ClN5O2S. The number of halogens is 1. The van der Waals surface area contributed by atoms with Gasteiger partial charge in [-0.05, 0) is 61.5 Å². The fourth-order valence-corrected chi connectivity index (χ4v) is 4.30. The summed E-state index contributed by atoms with van der Waals surface area (Å²) in [6.07, 6.45) is 0. The Labute approximate surface area is 207 Å². The van der Waals surface area contributed by atoms with Gasteiger partial charge in [0.1, 0.15) is 5.75 Å². The molecule has 174 valence electrons. The summed E-state index contributed by atoms with van der Waals surface area (Å²) in [5.41, 5.74) is 2.49. The molecule has 0 radical (unpaired) electrons. The summed E-state index contributed by atoms with van der Waals surface area (Å²) in [5.74, 6) is 1.36. The largest absolute Gasteiger partial charge is 0.497 e. The zero-order chi connectivity index (χ0) is 23.9. The van der Waals surface area contributed by atoms with Gasteiger partial charge >= 0.3 is 0 Å². The molecule has 1 amide bonds. The zero-order valence-corrected chi connectivity index (χ0v) is 20.3. The Morgan fingerprint density at radius 3 is 2.50 bits per heavy atom. The number of anilines is 2. The first kappa shape index (κ1) is 23.7. The summed E-state index contributed by atoms with van der Waals surface area (Å²) in [6.45, 7) is 2.27. The van der Waals surface area contributed by atoms with Crippen molar-refractivity contribution in [3.05, 3.63) is 89.7 Å². The van der Waals surface area contributed by atoms with Crippen LogP contribution in [0.3, 0.4) is 0 Å². The van der Waals surface area contributed by atoms with E-state index >= 15 is 0 Å². The van der Waals surface area contributed by atoms with Crippen LogP contribution in [0, 0.1) is 0 Å². The van der Waals surface area contributed by atoms with E-state index in [-0.39, 0.29) is 5.91 Å². The molecule has 0 unspecified atom stereocenters. The number of ether oxygens (including phenoxy) is 1. The monoisotopic (exact) mass is 493 g/mol. The van der Waals surface area contributed by atoms with E-state index < -0.39 is 5.25 Å². The minimum atomic E-state index is -0.398. The maximum atomic E-state index is 12.8. The average molecular weight is 494 g/mol. The second-order valence-electron chi connectivity index (χ2n) is 7.41. The molecule has 1 atom stereocenters. The SMILES string of the molecule is COc1ccc(NCc2nnc(S[C@@H](C)C(=O)Nc3ccccc3)n2-c2cccc(Cl)c2)cc1. The lowest BCUT2D eigenvalue weighted by atomic mass is 10.3. The van der Waals surface area contributed by atoms with Crippen LogP contribution in [-0.4, -0.2) is 33.0 Å². The molecular weight excluding hydrogens is 470 g/mol. The van der Waals surface area contributed by atoms with Crippen LogP contribution in [0.25, 0.3) is 5.69 Å². The molecule has 0 aliphatic rings. The molecule has 4 aromatic rings. The van der Waals surface area contributed by atoms with Gasteiger partial charge in [0, 0.05) is 16.4 Å². The normalized spacial score (nSPS) is 11.6. The Balaban J connectivity index is 1.55. The van der Waals surface area contributed by atoms with Gasteiger partial charge in [0.2, 0.25) is 5.91 Å². The number of aromatic nitrogens is 3. The summed E-state index contributed by atoms with van der Waals surface area (Å²) >= 11 is 7.60. The number of nitrogens with zero attached hydrogens (tertiary/aromatic N) is 3. The van der Waals surface area contributed by atoms with Crippen molar-refractivity contribution in [3.8, 4) is 11.4 Å². The molecule has 0 saturated heterocycles. The molecule has 4 rings (SSSR count). The van der Waals surface area contributed by atoms with Crippen LogP contribution in [0.15, 0.2) is 84.0 Å². The third kappa shape index (κ3) is 5.89. The number of hydrogen-bond donors (Lipinski definition) is 2. The highest BCUT2D eigenvalue weighted by molar-refractivity contribution is 8.00. The van der Waals surface area contributed by atoms with Crippen LogP contribution >= 0.6 is 23.4 Å². The predicted molar refractivity (Wildman–Crippen MR) is 137 cm³/mol. The van der Waals surface area contributed by atoms with Crippen molar-refractivity contribution in [2.75, 3.05) is 17.7 Å². The van der Waals surface area contributed by atoms with Gasteiger partial charge in [-0.25, -0.2) is 0 Å². The molecule has 0 aliphatic carbocycles. The third-order valence-electron chi connectivity index (χ3n) is 5.00. The highest BCUT2D eigenvalue weighted by Crippen LogP contribution is 2.28. The fraction of sp³-hybridized carbons (Fsp3) is 0.160. The third-order valence-corrected chi connectivity index (χ3v) is 6.28. The fourth-order valence-electron chi connectivity index (χ4n) is 3.23. The number of nitrogens with one attached hydrogen (secondary N) is 2. The highest BCUT2D eigenvalue weighted by Gasteiger charge is 2.21. The number of methoxy groups -OCH3 is 1. The van der Waals surface area contributed by atoms with E-state index in [1.54, 1.807) is 7.11 Å². The lowest BCUT2D eigenvalue weighted by Gasteiger charge is -2.15. The van der Waals surface area contributed by atoms with Crippen LogP contribution in [0.5, 0.6) is 5.75 Å². The summed E-state index contributed by atoms with van der Waals surface area (Å²) in [5, 5.41) is 15.9. The predicted octanol–water partition coefficient (Wildman–Crippen LogP) is 5.66. The minimum absolute atomic E-state index is 0.116. The van der Waals surface area contributed by atoms with Crippen LogP contribution in [-0.2, 0) is 11.3 Å². The van der Waals surface area contributed by atoms with Crippen LogP contribution < -0.4 is 15.4 Å². The number of carbonyl (C=O) groups is 1. The number of thioether (sulfide) groups is 1. The van der Waals surface area contributed by atoms with Crippen molar-refractivity contribution in [1.82, 2.24) is 14.8 Å². The molecule has 0 spiro atoms. The van der Waals surface area contributed by atoms with Crippen molar-refractivity contribution in [3.63, 3.8) is 0 Å². The van der Waals surface area contributed by atoms with E-state index in [0.29, 0.717) is 22.5 Å². The summed E-state index contributed by atoms with van der Waals surface area (Å²) in [7, 11) is 1.64. The lowest BCUT2D eigenvalue weighted by molar-refractivity contribution is -0.115. The number of hydrogen-bond acceptors (Lipinski definition) is 6. The quantitative estimate of drug-likeness (QED) is 0.293. The van der Waals surface area contributed by atoms with Gasteiger partial charge in [0.15, 0.2) is 11.0 Å². The lowest BCUT2D eigenvalue weighted by Crippen LogP contribution is -2.23. The van der Waals surface area contributed by atoms with E-state index in [0.717, 1.165) is 22.8 Å². The molecule has 0 bridgehead atoms. The van der Waals surface area contributed by atoms with Crippen LogP contribution in [0.1, 0.15) is 12.7 Å². The minimum Gasteiger partial charge on any atom is -0.497 e. The number of rotatable bonds is 9. The topological polar surface area (TPSA) is 81.1 Å². The van der Waals surface area contributed by atoms with E-state index in [2.05, 4.69) is 20.8 Å². The Morgan fingerprint density at radius 1 is 1.03 bits per heavy atom. The second kappa shape index (κ2) is 11.1. The summed E-state index contributed by atoms with van der Waals surface area (Å²) in [4.78, 5) is 12.8. The molecule has 7 nitrogen and oxygen atoms in total. The Kier molecular flexibility index (Phi) is 7.72. The van der Waals surface area contributed by atoms with E-state index in [4.69, 9.17) is 16.3 Å². The molecule has 1 heterocycles. The smallest absolute Gasteiger partial charge is 0.237 e. The van der Waals surface area contributed by atoms with Gasteiger partial charge in [-0.1, -0.05) is 47.6 Å². The van der Waals surface area contributed by atoms with Gasteiger partial charge in [-0.15, -0.1) is 10.2 Å². The molecule has 34 heavy (non-hydrogen) atoms. The van der Waals surface area contributed by atoms with Gasteiger partial charge < -0.3 is 15.4 Å². The number of carbonyl (C=O) groups excluding carboxylic acids is 1. The van der Waals surface area contributed by atoms with Crippen molar-refractivity contribution in [2.45, 2.75) is 23.9 Å².